The third kappa shape index (κ3) is 5.44. The summed E-state index contributed by atoms with van der Waals surface area (Å²) in [4.78, 5) is 45.5. The number of aliphatic hydroxyl groups excluding tert-OH is 1. The summed E-state index contributed by atoms with van der Waals surface area (Å²) in [7, 11) is 0. The van der Waals surface area contributed by atoms with Crippen LogP contribution in [-0.2, 0) is 23.9 Å². The molecular weight excluding hydrogens is 484 g/mol. The van der Waals surface area contributed by atoms with Crippen LogP contribution >= 0.6 is 0 Å². The van der Waals surface area contributed by atoms with Crippen LogP contribution in [0.25, 0.3) is 0 Å². The van der Waals surface area contributed by atoms with Gasteiger partial charge < -0.3 is 24.4 Å². The second-order valence-corrected chi connectivity index (χ2v) is 13.2. The molecule has 38 heavy (non-hydrogen) atoms. The highest BCUT2D eigenvalue weighted by Crippen LogP contribution is 2.63. The van der Waals surface area contributed by atoms with Gasteiger partial charge in [0.1, 0.15) is 17.6 Å². The van der Waals surface area contributed by atoms with Crippen LogP contribution in [0.3, 0.4) is 0 Å². The van der Waals surface area contributed by atoms with Gasteiger partial charge in [0, 0.05) is 25.2 Å². The van der Waals surface area contributed by atoms with Crippen molar-refractivity contribution < 1.29 is 29.0 Å². The number of hydrogen-bond acceptors (Lipinski definition) is 6. The van der Waals surface area contributed by atoms with Crippen molar-refractivity contribution in [1.82, 2.24) is 9.80 Å². The standard InChI is InChI=1S/C30H48N2O6/c1-9-11-19-37-26(36)22-21-24(34)31(17-12-13-18-33)23(30(21)15-14-29(22,8)38-30)25(35)32(16-10-2)28(6,7)20-27(3,4)5/h9-10,21-23,33H,1-2,11-20H2,3-8H3/t21-,22+,23?,29-,30?/m0/s1. The van der Waals surface area contributed by atoms with Crippen LogP contribution in [0.1, 0.15) is 80.1 Å². The second-order valence-electron chi connectivity index (χ2n) is 13.2. The number of carbonyl (C=O) groups is 3. The van der Waals surface area contributed by atoms with Gasteiger partial charge in [0.05, 0.1) is 18.1 Å². The van der Waals surface area contributed by atoms with Gasteiger partial charge in [0.15, 0.2) is 0 Å². The molecule has 2 unspecified atom stereocenters. The zero-order valence-electron chi connectivity index (χ0n) is 24.3. The zero-order chi connectivity index (χ0) is 28.5. The first-order chi connectivity index (χ1) is 17.7. The molecule has 3 aliphatic rings. The van der Waals surface area contributed by atoms with Crippen LogP contribution in [0.2, 0.25) is 0 Å². The highest BCUT2D eigenvalue weighted by Gasteiger charge is 2.78. The number of aliphatic hydroxyl groups is 1. The molecular formula is C30H48N2O6. The fourth-order valence-electron chi connectivity index (χ4n) is 7.34. The molecule has 3 fully saturated rings. The highest BCUT2D eigenvalue weighted by atomic mass is 16.6. The van der Waals surface area contributed by atoms with E-state index in [-0.39, 0.29) is 30.4 Å². The number of rotatable bonds is 13. The summed E-state index contributed by atoms with van der Waals surface area (Å²) in [5.41, 5.74) is -2.51. The molecule has 1 spiro atoms. The average molecular weight is 533 g/mol. The van der Waals surface area contributed by atoms with E-state index in [0.717, 1.165) is 6.42 Å². The largest absolute Gasteiger partial charge is 0.465 e. The molecule has 3 rings (SSSR count). The topological polar surface area (TPSA) is 96.4 Å². The third-order valence-corrected chi connectivity index (χ3v) is 8.41. The summed E-state index contributed by atoms with van der Waals surface area (Å²) in [5, 5.41) is 9.39. The minimum atomic E-state index is -1.10. The number of esters is 1. The molecule has 2 bridgehead atoms. The molecule has 2 amide bonds. The van der Waals surface area contributed by atoms with E-state index in [0.29, 0.717) is 45.2 Å². The van der Waals surface area contributed by atoms with Crippen molar-refractivity contribution in [2.24, 2.45) is 17.3 Å². The molecule has 0 aliphatic carbocycles. The van der Waals surface area contributed by atoms with Crippen molar-refractivity contribution in [3.63, 3.8) is 0 Å². The van der Waals surface area contributed by atoms with Crippen LogP contribution in [0.5, 0.6) is 0 Å². The van der Waals surface area contributed by atoms with E-state index in [1.165, 1.54) is 0 Å². The smallest absolute Gasteiger partial charge is 0.312 e. The molecule has 0 aromatic rings. The molecule has 8 heteroatoms. The Bertz CT molecular complexity index is 940. The number of unbranched alkanes of at least 4 members (excludes halogenated alkanes) is 1. The fraction of sp³-hybridized carbons (Fsp3) is 0.767. The molecule has 8 nitrogen and oxygen atoms in total. The van der Waals surface area contributed by atoms with Crippen molar-refractivity contribution in [2.45, 2.75) is 103 Å². The van der Waals surface area contributed by atoms with Crippen molar-refractivity contribution in [3.05, 3.63) is 25.3 Å². The summed E-state index contributed by atoms with van der Waals surface area (Å²) in [6.45, 7) is 20.8. The monoisotopic (exact) mass is 532 g/mol. The molecule has 214 valence electrons. The van der Waals surface area contributed by atoms with E-state index >= 15 is 0 Å². The van der Waals surface area contributed by atoms with Gasteiger partial charge in [-0.1, -0.05) is 32.9 Å². The minimum Gasteiger partial charge on any atom is -0.465 e. The van der Waals surface area contributed by atoms with Crippen molar-refractivity contribution in [3.8, 4) is 0 Å². The zero-order valence-corrected chi connectivity index (χ0v) is 24.3. The van der Waals surface area contributed by atoms with E-state index in [1.54, 1.807) is 17.1 Å². The predicted molar refractivity (Wildman–Crippen MR) is 146 cm³/mol. The number of amides is 2. The fourth-order valence-corrected chi connectivity index (χ4v) is 7.34. The highest BCUT2D eigenvalue weighted by molar-refractivity contribution is 5.98. The number of fused-ring (bicyclic) bond motifs is 1. The van der Waals surface area contributed by atoms with E-state index in [9.17, 15) is 19.5 Å². The summed E-state index contributed by atoms with van der Waals surface area (Å²) >= 11 is 0. The first-order valence-corrected chi connectivity index (χ1v) is 14.0. The van der Waals surface area contributed by atoms with Crippen LogP contribution in [0.15, 0.2) is 25.3 Å². The maximum absolute atomic E-state index is 14.6. The molecule has 3 heterocycles. The molecule has 0 radical (unpaired) electrons. The molecule has 0 saturated carbocycles. The number of carbonyl (C=O) groups excluding carboxylic acids is 3. The van der Waals surface area contributed by atoms with Gasteiger partial charge in [-0.2, -0.15) is 0 Å². The molecule has 5 atom stereocenters. The summed E-state index contributed by atoms with van der Waals surface area (Å²) in [6, 6.07) is -0.856. The molecule has 3 aliphatic heterocycles. The van der Waals surface area contributed by atoms with E-state index in [1.807, 2.05) is 11.8 Å². The first-order valence-electron chi connectivity index (χ1n) is 14.0. The van der Waals surface area contributed by atoms with Gasteiger partial charge >= 0.3 is 5.97 Å². The molecule has 0 aromatic carbocycles. The van der Waals surface area contributed by atoms with Gasteiger partial charge in [-0.3, -0.25) is 14.4 Å². The van der Waals surface area contributed by atoms with Crippen molar-refractivity contribution in [1.29, 1.82) is 0 Å². The Balaban J connectivity index is 2.05. The lowest BCUT2D eigenvalue weighted by atomic mass is 9.66. The van der Waals surface area contributed by atoms with Crippen LogP contribution < -0.4 is 0 Å². The number of ether oxygens (including phenoxy) is 2. The summed E-state index contributed by atoms with van der Waals surface area (Å²) < 4.78 is 12.2. The normalized spacial score (nSPS) is 30.3. The Kier molecular flexibility index (Phi) is 8.89. The quantitative estimate of drug-likeness (QED) is 0.220. The van der Waals surface area contributed by atoms with Gasteiger partial charge in [-0.05, 0) is 64.7 Å². The Morgan fingerprint density at radius 2 is 1.87 bits per heavy atom. The predicted octanol–water partition coefficient (Wildman–Crippen LogP) is 3.87. The van der Waals surface area contributed by atoms with Crippen molar-refractivity contribution in [2.75, 3.05) is 26.3 Å². The second kappa shape index (κ2) is 11.1. The van der Waals surface area contributed by atoms with Crippen molar-refractivity contribution >= 4 is 17.8 Å². The average Bonchev–Trinajstić information content (AvgIpc) is 3.36. The lowest BCUT2D eigenvalue weighted by molar-refractivity contribution is -0.161. The van der Waals surface area contributed by atoms with Crippen LogP contribution in [0, 0.1) is 17.3 Å². The summed E-state index contributed by atoms with van der Waals surface area (Å²) in [5.74, 6) is -2.42. The Hall–Kier alpha value is -2.19. The first kappa shape index (κ1) is 30.4. The van der Waals surface area contributed by atoms with E-state index in [2.05, 4.69) is 47.8 Å². The number of hydrogen-bond donors (Lipinski definition) is 1. The van der Waals surface area contributed by atoms with E-state index < -0.39 is 40.6 Å². The molecule has 0 aromatic heterocycles. The van der Waals surface area contributed by atoms with Gasteiger partial charge in [-0.25, -0.2) is 0 Å². The van der Waals surface area contributed by atoms with Gasteiger partial charge in [0.25, 0.3) is 0 Å². The minimum absolute atomic E-state index is 0.00322. The van der Waals surface area contributed by atoms with Crippen LogP contribution in [0.4, 0.5) is 0 Å². The molecule has 3 saturated heterocycles. The lowest BCUT2D eigenvalue weighted by Gasteiger charge is -2.45. The maximum Gasteiger partial charge on any atom is 0.312 e. The SMILES string of the molecule is C=CCCOC(=O)[C@H]1[C@H]2C(=O)N(CCCCO)C(C(=O)N(CC=C)C(C)(C)CC(C)(C)C)C23CC[C@]1(C)O3. The maximum atomic E-state index is 14.6. The number of nitrogens with zero attached hydrogens (tertiary/aromatic N) is 2. The third-order valence-electron chi connectivity index (χ3n) is 8.41. The number of likely N-dealkylation sites (tertiary alicyclic amines) is 1. The Labute approximate surface area is 228 Å². The van der Waals surface area contributed by atoms with Gasteiger partial charge in [-0.15, -0.1) is 13.2 Å². The lowest BCUT2D eigenvalue weighted by Crippen LogP contribution is -2.61. The van der Waals surface area contributed by atoms with E-state index in [4.69, 9.17) is 9.47 Å². The summed E-state index contributed by atoms with van der Waals surface area (Å²) in [6.07, 6.45) is 6.82. The Morgan fingerprint density at radius 3 is 2.45 bits per heavy atom. The van der Waals surface area contributed by atoms with Gasteiger partial charge in [0.2, 0.25) is 11.8 Å². The Morgan fingerprint density at radius 1 is 1.18 bits per heavy atom. The molecule has 1 N–H and O–H groups in total. The van der Waals surface area contributed by atoms with Crippen LogP contribution in [-0.4, -0.2) is 81.8 Å².